The highest BCUT2D eigenvalue weighted by Crippen LogP contribution is 2.40. The molecule has 4 heteroatoms. The smallest absolute Gasteiger partial charge is 0.0641 e. The van der Waals surface area contributed by atoms with E-state index in [1.54, 1.807) is 6.07 Å². The molecule has 0 bridgehead atoms. The van der Waals surface area contributed by atoms with Gasteiger partial charge in [0.2, 0.25) is 0 Å². The van der Waals surface area contributed by atoms with Crippen molar-refractivity contribution in [3.05, 3.63) is 27.7 Å². The summed E-state index contributed by atoms with van der Waals surface area (Å²) in [6.07, 6.45) is 0. The maximum Gasteiger partial charge on any atom is 0.0641 e. The van der Waals surface area contributed by atoms with Crippen LogP contribution in [0.3, 0.4) is 0 Å². The fourth-order valence-electron chi connectivity index (χ4n) is 1.67. The van der Waals surface area contributed by atoms with Gasteiger partial charge in [0.1, 0.15) is 0 Å². The van der Waals surface area contributed by atoms with Crippen molar-refractivity contribution in [2.24, 2.45) is 5.73 Å². The average molecular weight is 217 g/mol. The molecule has 1 atom stereocenters. The summed E-state index contributed by atoms with van der Waals surface area (Å²) in [5.41, 5.74) is 7.64. The molecule has 1 aromatic carbocycles. The van der Waals surface area contributed by atoms with E-state index in [2.05, 4.69) is 5.32 Å². The van der Waals surface area contributed by atoms with E-state index in [0.717, 1.165) is 27.8 Å². The molecule has 0 saturated carbocycles. The second-order valence-corrected chi connectivity index (χ2v) is 3.95. The second kappa shape index (κ2) is 3.37. The number of fused-ring (bicyclic) bond motifs is 1. The van der Waals surface area contributed by atoms with Crippen LogP contribution in [0, 0.1) is 0 Å². The zero-order valence-electron chi connectivity index (χ0n) is 6.98. The number of nitrogens with two attached hydrogens (primary N) is 1. The van der Waals surface area contributed by atoms with Gasteiger partial charge in [0, 0.05) is 29.6 Å². The van der Waals surface area contributed by atoms with Crippen molar-refractivity contribution in [3.63, 3.8) is 0 Å². The quantitative estimate of drug-likeness (QED) is 0.758. The van der Waals surface area contributed by atoms with Gasteiger partial charge in [-0.2, -0.15) is 0 Å². The van der Waals surface area contributed by atoms with Gasteiger partial charge in [-0.25, -0.2) is 0 Å². The molecule has 0 saturated heterocycles. The van der Waals surface area contributed by atoms with Crippen molar-refractivity contribution in [3.8, 4) is 0 Å². The Labute approximate surface area is 87.0 Å². The van der Waals surface area contributed by atoms with Gasteiger partial charge in [-0.05, 0) is 12.1 Å². The molecule has 1 unspecified atom stereocenters. The van der Waals surface area contributed by atoms with Crippen molar-refractivity contribution in [2.75, 3.05) is 18.4 Å². The molecule has 0 fully saturated rings. The molecule has 3 N–H and O–H groups in total. The summed E-state index contributed by atoms with van der Waals surface area (Å²) >= 11 is 12.1. The number of rotatable bonds is 1. The lowest BCUT2D eigenvalue weighted by molar-refractivity contribution is 0.767. The normalized spacial score (nSPS) is 19.8. The first-order valence-electron chi connectivity index (χ1n) is 4.16. The maximum absolute atomic E-state index is 6.06. The minimum atomic E-state index is 0.293. The third-order valence-electron chi connectivity index (χ3n) is 2.36. The van der Waals surface area contributed by atoms with Gasteiger partial charge in [0.15, 0.2) is 0 Å². The van der Waals surface area contributed by atoms with Crippen molar-refractivity contribution in [1.29, 1.82) is 0 Å². The number of nitrogens with one attached hydrogen (secondary N) is 1. The zero-order chi connectivity index (χ0) is 9.42. The summed E-state index contributed by atoms with van der Waals surface area (Å²) in [6.45, 7) is 1.43. The Hall–Kier alpha value is -0.440. The first-order chi connectivity index (χ1) is 6.24. The molecular formula is C9H10Cl2N2. The molecule has 2 rings (SSSR count). The van der Waals surface area contributed by atoms with E-state index in [1.807, 2.05) is 6.07 Å². The second-order valence-electron chi connectivity index (χ2n) is 3.13. The molecule has 1 aromatic rings. The maximum atomic E-state index is 6.06. The Morgan fingerprint density at radius 2 is 2.08 bits per heavy atom. The standard InChI is InChI=1S/C9H10Cl2N2/c10-6-1-2-7(11)9-8(6)5(3-12)4-13-9/h1-2,5,13H,3-4,12H2. The van der Waals surface area contributed by atoms with E-state index in [1.165, 1.54) is 0 Å². The number of halogens is 2. The molecule has 1 aliphatic rings. The van der Waals surface area contributed by atoms with E-state index in [0.29, 0.717) is 12.5 Å². The molecule has 13 heavy (non-hydrogen) atoms. The number of hydrogen-bond acceptors (Lipinski definition) is 2. The number of hydrogen-bond donors (Lipinski definition) is 2. The first kappa shape index (κ1) is 9.13. The average Bonchev–Trinajstić information content (AvgIpc) is 2.56. The van der Waals surface area contributed by atoms with Crippen LogP contribution in [-0.2, 0) is 0 Å². The molecule has 70 valence electrons. The Balaban J connectivity index is 2.55. The van der Waals surface area contributed by atoms with Gasteiger partial charge in [0.05, 0.1) is 10.7 Å². The van der Waals surface area contributed by atoms with Crippen molar-refractivity contribution in [1.82, 2.24) is 0 Å². The van der Waals surface area contributed by atoms with Crippen LogP contribution in [0.15, 0.2) is 12.1 Å². The summed E-state index contributed by atoms with van der Waals surface area (Å²) in [6, 6.07) is 3.62. The van der Waals surface area contributed by atoms with E-state index in [-0.39, 0.29) is 0 Å². The zero-order valence-corrected chi connectivity index (χ0v) is 8.49. The van der Waals surface area contributed by atoms with Crippen LogP contribution < -0.4 is 11.1 Å². The Morgan fingerprint density at radius 1 is 1.38 bits per heavy atom. The number of benzene rings is 1. The van der Waals surface area contributed by atoms with Crippen LogP contribution in [0.4, 0.5) is 5.69 Å². The summed E-state index contributed by atoms with van der Waals surface area (Å²) in [5, 5.41) is 4.68. The Bertz CT molecular complexity index is 339. The van der Waals surface area contributed by atoms with E-state index in [4.69, 9.17) is 28.9 Å². The third-order valence-corrected chi connectivity index (χ3v) is 3.00. The minimum Gasteiger partial charge on any atom is -0.383 e. The lowest BCUT2D eigenvalue weighted by atomic mass is 10.0. The molecule has 0 radical (unpaired) electrons. The molecule has 1 heterocycles. The molecule has 0 aliphatic carbocycles. The van der Waals surface area contributed by atoms with E-state index >= 15 is 0 Å². The van der Waals surface area contributed by atoms with Crippen LogP contribution in [0.2, 0.25) is 10.0 Å². The van der Waals surface area contributed by atoms with Crippen molar-refractivity contribution in [2.45, 2.75) is 5.92 Å². The molecule has 0 spiro atoms. The highest BCUT2D eigenvalue weighted by molar-refractivity contribution is 6.36. The first-order valence-corrected chi connectivity index (χ1v) is 4.91. The summed E-state index contributed by atoms with van der Waals surface area (Å²) < 4.78 is 0. The minimum absolute atomic E-state index is 0.293. The van der Waals surface area contributed by atoms with Crippen molar-refractivity contribution < 1.29 is 0 Å². The fourth-order valence-corrected chi connectivity index (χ4v) is 2.22. The third kappa shape index (κ3) is 1.39. The topological polar surface area (TPSA) is 38.0 Å². The van der Waals surface area contributed by atoms with Crippen LogP contribution in [0.25, 0.3) is 0 Å². The highest BCUT2D eigenvalue weighted by Gasteiger charge is 2.25. The molecule has 1 aliphatic heterocycles. The van der Waals surface area contributed by atoms with Crippen LogP contribution in [0.1, 0.15) is 11.5 Å². The van der Waals surface area contributed by atoms with E-state index in [9.17, 15) is 0 Å². The molecular weight excluding hydrogens is 207 g/mol. The van der Waals surface area contributed by atoms with Gasteiger partial charge in [-0.3, -0.25) is 0 Å². The predicted molar refractivity (Wildman–Crippen MR) is 56.7 cm³/mol. The van der Waals surface area contributed by atoms with Crippen LogP contribution in [0.5, 0.6) is 0 Å². The molecule has 2 nitrogen and oxygen atoms in total. The van der Waals surface area contributed by atoms with Gasteiger partial charge < -0.3 is 11.1 Å². The fraction of sp³-hybridized carbons (Fsp3) is 0.333. The SMILES string of the molecule is NCC1CNc2c(Cl)ccc(Cl)c21. The van der Waals surface area contributed by atoms with Crippen LogP contribution >= 0.6 is 23.2 Å². The highest BCUT2D eigenvalue weighted by atomic mass is 35.5. The largest absolute Gasteiger partial charge is 0.383 e. The Kier molecular flexibility index (Phi) is 2.37. The Morgan fingerprint density at radius 3 is 2.77 bits per heavy atom. The number of anilines is 1. The predicted octanol–water partition coefficient (Wildman–Crippen LogP) is 2.46. The molecule has 0 amide bonds. The van der Waals surface area contributed by atoms with Crippen LogP contribution in [-0.4, -0.2) is 13.1 Å². The van der Waals surface area contributed by atoms with Gasteiger partial charge in [-0.1, -0.05) is 23.2 Å². The lowest BCUT2D eigenvalue weighted by Gasteiger charge is -2.08. The van der Waals surface area contributed by atoms with E-state index < -0.39 is 0 Å². The summed E-state index contributed by atoms with van der Waals surface area (Å²) in [4.78, 5) is 0. The van der Waals surface area contributed by atoms with Gasteiger partial charge >= 0.3 is 0 Å². The summed E-state index contributed by atoms with van der Waals surface area (Å²) in [5.74, 6) is 0.293. The summed E-state index contributed by atoms with van der Waals surface area (Å²) in [7, 11) is 0. The lowest BCUT2D eigenvalue weighted by Crippen LogP contribution is -2.14. The van der Waals surface area contributed by atoms with Crippen molar-refractivity contribution >= 4 is 28.9 Å². The van der Waals surface area contributed by atoms with Gasteiger partial charge in [0.25, 0.3) is 0 Å². The molecule has 0 aromatic heterocycles. The van der Waals surface area contributed by atoms with Gasteiger partial charge in [-0.15, -0.1) is 0 Å². The monoisotopic (exact) mass is 216 g/mol.